The van der Waals surface area contributed by atoms with Crippen molar-refractivity contribution in [1.29, 1.82) is 0 Å². The van der Waals surface area contributed by atoms with E-state index < -0.39 is 6.10 Å². The number of carbonyl (C=O) groups is 1. The van der Waals surface area contributed by atoms with E-state index in [1.165, 1.54) is 12.8 Å². The second-order valence-electron chi connectivity index (χ2n) is 9.45. The SMILES string of the molecule is Cn1c(-c2cc3cccnc3n2CC2CC2)nc2c(N3CC[C@@H](O)[C@@H](N)C3)c(C=O)ccc21. The molecule has 4 heterocycles. The quantitative estimate of drug-likeness (QED) is 0.459. The van der Waals surface area contributed by atoms with E-state index in [1.54, 1.807) is 0 Å². The first-order chi connectivity index (χ1) is 16.0. The molecule has 170 valence electrons. The van der Waals surface area contributed by atoms with Gasteiger partial charge in [0, 0.05) is 49.9 Å². The van der Waals surface area contributed by atoms with Gasteiger partial charge >= 0.3 is 0 Å². The molecule has 8 nitrogen and oxygen atoms in total. The van der Waals surface area contributed by atoms with Crippen molar-refractivity contribution in [3.8, 4) is 11.5 Å². The molecule has 0 unspecified atom stereocenters. The average Bonchev–Trinajstić information content (AvgIpc) is 3.49. The number of rotatable bonds is 5. The van der Waals surface area contributed by atoms with Gasteiger partial charge in [-0.25, -0.2) is 9.97 Å². The van der Waals surface area contributed by atoms with Crippen molar-refractivity contribution in [2.24, 2.45) is 18.7 Å². The number of nitrogens with two attached hydrogens (primary N) is 1. The molecule has 8 heteroatoms. The van der Waals surface area contributed by atoms with Crippen molar-refractivity contribution in [2.45, 2.75) is 38.0 Å². The van der Waals surface area contributed by atoms with E-state index in [9.17, 15) is 9.90 Å². The lowest BCUT2D eigenvalue weighted by atomic mass is 10.0. The number of fused-ring (bicyclic) bond motifs is 2. The number of imidazole rings is 1. The third-order valence-electron chi connectivity index (χ3n) is 7.14. The summed E-state index contributed by atoms with van der Waals surface area (Å²) in [7, 11) is 2.02. The first kappa shape index (κ1) is 20.4. The highest BCUT2D eigenvalue weighted by Crippen LogP contribution is 2.38. The molecule has 33 heavy (non-hydrogen) atoms. The molecular formula is C25H28N6O2. The fraction of sp³-hybridized carbons (Fsp3) is 0.400. The summed E-state index contributed by atoms with van der Waals surface area (Å²) in [4.78, 5) is 23.8. The largest absolute Gasteiger partial charge is 0.391 e. The van der Waals surface area contributed by atoms with Crippen LogP contribution >= 0.6 is 0 Å². The zero-order valence-electron chi connectivity index (χ0n) is 18.7. The predicted octanol–water partition coefficient (Wildman–Crippen LogP) is 2.71. The Bertz CT molecular complexity index is 1370. The molecule has 0 radical (unpaired) electrons. The fourth-order valence-corrected chi connectivity index (χ4v) is 5.11. The molecule has 1 saturated carbocycles. The lowest BCUT2D eigenvalue weighted by Gasteiger charge is -2.36. The second kappa shape index (κ2) is 7.67. The minimum Gasteiger partial charge on any atom is -0.391 e. The van der Waals surface area contributed by atoms with Crippen LogP contribution in [0.15, 0.2) is 36.5 Å². The van der Waals surface area contributed by atoms with Crippen molar-refractivity contribution >= 4 is 34.0 Å². The summed E-state index contributed by atoms with van der Waals surface area (Å²) in [6.45, 7) is 2.05. The van der Waals surface area contributed by atoms with E-state index in [0.29, 0.717) is 31.0 Å². The number of aliphatic hydroxyl groups is 1. The number of aryl methyl sites for hydroxylation is 1. The number of carbonyl (C=O) groups excluding carboxylic acids is 1. The van der Waals surface area contributed by atoms with Gasteiger partial charge in [-0.3, -0.25) is 4.79 Å². The Morgan fingerprint density at radius 3 is 2.85 bits per heavy atom. The molecule has 1 aliphatic carbocycles. The van der Waals surface area contributed by atoms with Crippen molar-refractivity contribution in [3.63, 3.8) is 0 Å². The lowest BCUT2D eigenvalue weighted by molar-refractivity contribution is 0.112. The van der Waals surface area contributed by atoms with E-state index in [1.807, 2.05) is 31.4 Å². The van der Waals surface area contributed by atoms with Gasteiger partial charge in [-0.05, 0) is 55.5 Å². The highest BCUT2D eigenvalue weighted by Gasteiger charge is 2.30. The molecule has 3 aromatic heterocycles. The van der Waals surface area contributed by atoms with Crippen LogP contribution in [0.5, 0.6) is 0 Å². The summed E-state index contributed by atoms with van der Waals surface area (Å²) in [5.41, 5.74) is 11.3. The summed E-state index contributed by atoms with van der Waals surface area (Å²) in [6, 6.07) is 9.68. The molecular weight excluding hydrogens is 416 g/mol. The Balaban J connectivity index is 1.54. The van der Waals surface area contributed by atoms with E-state index in [4.69, 9.17) is 10.7 Å². The summed E-state index contributed by atoms with van der Waals surface area (Å²) in [5.74, 6) is 1.55. The van der Waals surface area contributed by atoms with Gasteiger partial charge in [-0.15, -0.1) is 0 Å². The zero-order chi connectivity index (χ0) is 22.7. The van der Waals surface area contributed by atoms with Crippen LogP contribution in [0.1, 0.15) is 29.6 Å². The van der Waals surface area contributed by atoms with Gasteiger partial charge in [0.25, 0.3) is 0 Å². The van der Waals surface area contributed by atoms with Crippen LogP contribution in [-0.2, 0) is 13.6 Å². The van der Waals surface area contributed by atoms with Gasteiger partial charge in [-0.2, -0.15) is 0 Å². The van der Waals surface area contributed by atoms with E-state index in [0.717, 1.165) is 52.1 Å². The summed E-state index contributed by atoms with van der Waals surface area (Å²) in [6.07, 6.45) is 5.27. The maximum Gasteiger partial charge on any atom is 0.157 e. The van der Waals surface area contributed by atoms with Crippen molar-refractivity contribution in [3.05, 3.63) is 42.1 Å². The number of pyridine rings is 1. The van der Waals surface area contributed by atoms with Crippen LogP contribution in [0.2, 0.25) is 0 Å². The third-order valence-corrected chi connectivity index (χ3v) is 7.14. The standard InChI is InChI=1S/C25H28N6O2/c1-29-19-7-6-17(14-32)23(30-10-8-21(33)18(26)13-30)22(19)28-25(29)20-11-16-3-2-9-27-24(16)31(20)12-15-4-5-15/h2-3,6-7,9,11,14-15,18,21,33H,4-5,8,10,12-13,26H2,1H3/t18-,21+/m0/s1. The molecule has 0 amide bonds. The van der Waals surface area contributed by atoms with Gasteiger partial charge in [0.1, 0.15) is 11.2 Å². The van der Waals surface area contributed by atoms with Gasteiger partial charge in [0.2, 0.25) is 0 Å². The third kappa shape index (κ3) is 3.32. The summed E-state index contributed by atoms with van der Waals surface area (Å²) in [5, 5.41) is 11.2. The highest BCUT2D eigenvalue weighted by molar-refractivity contribution is 6.01. The number of aldehydes is 1. The molecule has 3 N–H and O–H groups in total. The zero-order valence-corrected chi connectivity index (χ0v) is 18.7. The Hall–Kier alpha value is -3.23. The first-order valence-electron chi connectivity index (χ1n) is 11.6. The molecule has 1 aliphatic heterocycles. The molecule has 4 aromatic rings. The van der Waals surface area contributed by atoms with Gasteiger partial charge in [0.05, 0.1) is 23.0 Å². The molecule has 6 rings (SSSR count). The van der Waals surface area contributed by atoms with Crippen LogP contribution in [-0.4, -0.2) is 55.7 Å². The molecule has 0 bridgehead atoms. The molecule has 2 atom stereocenters. The van der Waals surface area contributed by atoms with Crippen LogP contribution in [0.25, 0.3) is 33.6 Å². The van der Waals surface area contributed by atoms with Gasteiger partial charge < -0.3 is 24.9 Å². The maximum atomic E-state index is 12.0. The molecule has 2 aliphatic rings. The van der Waals surface area contributed by atoms with Gasteiger partial charge in [0.15, 0.2) is 12.1 Å². The summed E-state index contributed by atoms with van der Waals surface area (Å²) >= 11 is 0. The number of aliphatic hydroxyl groups excluding tert-OH is 1. The molecule has 0 spiro atoms. The topological polar surface area (TPSA) is 102 Å². The number of piperidine rings is 1. The van der Waals surface area contributed by atoms with Crippen LogP contribution in [0, 0.1) is 5.92 Å². The van der Waals surface area contributed by atoms with E-state index >= 15 is 0 Å². The number of aromatic nitrogens is 4. The highest BCUT2D eigenvalue weighted by atomic mass is 16.3. The summed E-state index contributed by atoms with van der Waals surface area (Å²) < 4.78 is 4.39. The van der Waals surface area contributed by atoms with Crippen LogP contribution < -0.4 is 10.6 Å². The number of hydrogen-bond acceptors (Lipinski definition) is 6. The monoisotopic (exact) mass is 444 g/mol. The van der Waals surface area contributed by atoms with E-state index in [-0.39, 0.29) is 6.04 Å². The molecule has 1 saturated heterocycles. The molecule has 2 fully saturated rings. The first-order valence-corrected chi connectivity index (χ1v) is 11.6. The Morgan fingerprint density at radius 2 is 2.09 bits per heavy atom. The van der Waals surface area contributed by atoms with E-state index in [2.05, 4.69) is 31.2 Å². The number of anilines is 1. The van der Waals surface area contributed by atoms with Crippen molar-refractivity contribution < 1.29 is 9.90 Å². The van der Waals surface area contributed by atoms with Crippen molar-refractivity contribution in [1.82, 2.24) is 19.1 Å². The smallest absolute Gasteiger partial charge is 0.157 e. The number of hydrogen-bond donors (Lipinski definition) is 2. The molecule has 1 aromatic carbocycles. The van der Waals surface area contributed by atoms with Crippen molar-refractivity contribution in [2.75, 3.05) is 18.0 Å². The van der Waals surface area contributed by atoms with Crippen LogP contribution in [0.3, 0.4) is 0 Å². The normalized spacial score (nSPS) is 21.2. The lowest BCUT2D eigenvalue weighted by Crippen LogP contribution is -2.51. The Labute approximate surface area is 191 Å². The van der Waals surface area contributed by atoms with Gasteiger partial charge in [-0.1, -0.05) is 0 Å². The van der Waals surface area contributed by atoms with Crippen LogP contribution in [0.4, 0.5) is 5.69 Å². The minimum atomic E-state index is -0.523. The fourth-order valence-electron chi connectivity index (χ4n) is 5.11. The Morgan fingerprint density at radius 1 is 1.24 bits per heavy atom. The second-order valence-corrected chi connectivity index (χ2v) is 9.45. The minimum absolute atomic E-state index is 0.358. The Kier molecular flexibility index (Phi) is 4.74. The number of benzene rings is 1. The predicted molar refractivity (Wildman–Crippen MR) is 128 cm³/mol. The number of nitrogens with zero attached hydrogens (tertiary/aromatic N) is 5. The maximum absolute atomic E-state index is 12.0. The average molecular weight is 445 g/mol.